The van der Waals surface area contributed by atoms with E-state index in [1.165, 1.54) is 17.2 Å². The first-order valence-corrected chi connectivity index (χ1v) is 20.1. The first kappa shape index (κ1) is 42.2. The van der Waals surface area contributed by atoms with Gasteiger partial charge in [-0.2, -0.15) is 18.4 Å². The van der Waals surface area contributed by atoms with Crippen LogP contribution in [0.5, 0.6) is 0 Å². The van der Waals surface area contributed by atoms with E-state index in [2.05, 4.69) is 34.4 Å². The number of amides is 4. The van der Waals surface area contributed by atoms with Crippen LogP contribution in [0.3, 0.4) is 0 Å². The van der Waals surface area contributed by atoms with Gasteiger partial charge in [-0.25, -0.2) is 0 Å². The van der Waals surface area contributed by atoms with Crippen LogP contribution >= 0.6 is 12.2 Å². The SMILES string of the molecule is CC1CC(OCCCC2CCC(N3C(=S)N(c4ccc(C#N)c(C(F)(F)F)c4)C(=O)C3(C)C)CC2)CC(C)N1CC(=O)Nc1ccc(C2CCC(=O)NC2=O)nc1. The number of imide groups is 1. The largest absolute Gasteiger partial charge is 0.417 e. The number of hydrogen-bond acceptors (Lipinski definition) is 9. The summed E-state index contributed by atoms with van der Waals surface area (Å²) < 4.78 is 47.5. The van der Waals surface area contributed by atoms with E-state index in [-0.39, 0.29) is 65.7 Å². The average molecular weight is 810 g/mol. The van der Waals surface area contributed by atoms with Crippen molar-refractivity contribution in [3.05, 3.63) is 53.3 Å². The van der Waals surface area contributed by atoms with Gasteiger partial charge in [0.2, 0.25) is 17.7 Å². The fraction of sp³-hybridized carbons (Fsp3) is 0.585. The number of halogens is 3. The molecule has 4 fully saturated rings. The molecule has 3 unspecified atom stereocenters. The van der Waals surface area contributed by atoms with E-state index < -0.39 is 34.7 Å². The van der Waals surface area contributed by atoms with Crippen LogP contribution in [0.2, 0.25) is 0 Å². The van der Waals surface area contributed by atoms with E-state index in [1.54, 1.807) is 32.0 Å². The summed E-state index contributed by atoms with van der Waals surface area (Å²) in [4.78, 5) is 59.9. The van der Waals surface area contributed by atoms with Crippen molar-refractivity contribution in [2.24, 2.45) is 5.92 Å². The maximum absolute atomic E-state index is 13.7. The van der Waals surface area contributed by atoms with E-state index in [9.17, 15) is 37.6 Å². The number of carbonyl (C=O) groups excluding carboxylic acids is 4. The molecule has 4 amide bonds. The zero-order valence-electron chi connectivity index (χ0n) is 32.7. The van der Waals surface area contributed by atoms with Crippen molar-refractivity contribution in [3.63, 3.8) is 0 Å². The third-order valence-corrected chi connectivity index (χ3v) is 12.4. The van der Waals surface area contributed by atoms with Crippen molar-refractivity contribution in [3.8, 4) is 6.07 Å². The van der Waals surface area contributed by atoms with Crippen molar-refractivity contribution in [1.29, 1.82) is 5.26 Å². The highest BCUT2D eigenvalue weighted by Crippen LogP contribution is 2.41. The Morgan fingerprint density at radius 1 is 1.07 bits per heavy atom. The molecule has 0 bridgehead atoms. The number of anilines is 2. The Morgan fingerprint density at radius 3 is 2.39 bits per heavy atom. The Bertz CT molecular complexity index is 1900. The molecule has 4 aliphatic rings. The van der Waals surface area contributed by atoms with Gasteiger partial charge in [0.25, 0.3) is 5.91 Å². The number of nitriles is 1. The number of piperidine rings is 2. The molecule has 57 heavy (non-hydrogen) atoms. The Morgan fingerprint density at radius 2 is 1.77 bits per heavy atom. The van der Waals surface area contributed by atoms with Gasteiger partial charge in [-0.1, -0.05) is 0 Å². The normalized spacial score (nSPS) is 27.0. The van der Waals surface area contributed by atoms with Gasteiger partial charge in [-0.05, 0) is 134 Å². The summed E-state index contributed by atoms with van der Waals surface area (Å²) in [5.41, 5.74) is -1.53. The standard InChI is InChI=1S/C41H50F3N7O5S/c1-24-18-31(19-25(2)49(24)23-36(53)47-28-10-15-34(46-22-28)32-14-16-35(52)48-37(32)54)56-17-5-6-26-7-11-29(12-8-26)51-39(57)50(38(55)40(51,3)4)30-13-9-27(21-45)33(20-30)41(42,43)44/h9-10,13,15,20,22,24-26,29,31-32H,5-8,11-12,14,16-19,23H2,1-4H3,(H,47,53)(H,48,52,54). The number of rotatable bonds is 11. The van der Waals surface area contributed by atoms with Crippen molar-refractivity contribution in [1.82, 2.24) is 20.1 Å². The topological polar surface area (TPSA) is 148 Å². The number of carbonyl (C=O) groups is 4. The first-order chi connectivity index (χ1) is 27.0. The lowest BCUT2D eigenvalue weighted by Crippen LogP contribution is -2.51. The van der Waals surface area contributed by atoms with Gasteiger partial charge < -0.3 is 15.0 Å². The monoisotopic (exact) mass is 809 g/mol. The lowest BCUT2D eigenvalue weighted by Gasteiger charge is -2.42. The minimum Gasteiger partial charge on any atom is -0.378 e. The number of hydrogen-bond donors (Lipinski definition) is 2. The molecule has 0 spiro atoms. The minimum atomic E-state index is -4.75. The molecule has 2 aromatic rings. The molecule has 16 heteroatoms. The van der Waals surface area contributed by atoms with Crippen LogP contribution in [0.15, 0.2) is 36.5 Å². The van der Waals surface area contributed by atoms with Gasteiger partial charge >= 0.3 is 6.18 Å². The van der Waals surface area contributed by atoms with Gasteiger partial charge in [0, 0.05) is 31.2 Å². The maximum Gasteiger partial charge on any atom is 0.417 e. The number of ether oxygens (including phenoxy) is 1. The van der Waals surface area contributed by atoms with Gasteiger partial charge in [-0.3, -0.25) is 39.3 Å². The zero-order valence-corrected chi connectivity index (χ0v) is 33.5. The zero-order chi connectivity index (χ0) is 41.2. The molecule has 12 nitrogen and oxygen atoms in total. The molecule has 1 saturated carbocycles. The number of thiocarbonyl (C=S) groups is 1. The number of alkyl halides is 3. The molecule has 1 aromatic heterocycles. The summed E-state index contributed by atoms with van der Waals surface area (Å²) in [6.45, 7) is 8.60. The van der Waals surface area contributed by atoms with E-state index >= 15 is 0 Å². The Kier molecular flexibility index (Phi) is 12.7. The second-order valence-electron chi connectivity index (χ2n) is 16.4. The summed E-state index contributed by atoms with van der Waals surface area (Å²) >= 11 is 5.75. The van der Waals surface area contributed by atoms with Gasteiger partial charge in [0.15, 0.2) is 5.11 Å². The number of likely N-dealkylation sites (tertiary alicyclic amines) is 1. The highest BCUT2D eigenvalue weighted by molar-refractivity contribution is 7.80. The van der Waals surface area contributed by atoms with Crippen LogP contribution < -0.4 is 15.5 Å². The van der Waals surface area contributed by atoms with Gasteiger partial charge in [0.1, 0.15) is 5.54 Å². The predicted octanol–water partition coefficient (Wildman–Crippen LogP) is 6.44. The molecular weight excluding hydrogens is 760 g/mol. The minimum absolute atomic E-state index is 0.00559. The number of pyridine rings is 1. The average Bonchev–Trinajstić information content (AvgIpc) is 3.33. The van der Waals surface area contributed by atoms with Crippen LogP contribution in [0.4, 0.5) is 24.5 Å². The molecule has 0 radical (unpaired) electrons. The molecule has 4 heterocycles. The summed E-state index contributed by atoms with van der Waals surface area (Å²) in [6, 6.07) is 8.53. The molecule has 2 N–H and O–H groups in total. The molecule has 6 rings (SSSR count). The fourth-order valence-electron chi connectivity index (χ4n) is 9.01. The van der Waals surface area contributed by atoms with Crippen LogP contribution in [-0.2, 0) is 30.1 Å². The summed E-state index contributed by atoms with van der Waals surface area (Å²) in [7, 11) is 0. The highest BCUT2D eigenvalue weighted by Gasteiger charge is 2.52. The van der Waals surface area contributed by atoms with Crippen molar-refractivity contribution < 1.29 is 37.1 Å². The van der Waals surface area contributed by atoms with Crippen LogP contribution in [0, 0.1) is 17.2 Å². The molecule has 1 aliphatic carbocycles. The number of nitrogens with one attached hydrogen (secondary N) is 2. The van der Waals surface area contributed by atoms with Crippen molar-refractivity contribution >= 4 is 52.3 Å². The van der Waals surface area contributed by atoms with Crippen molar-refractivity contribution in [2.45, 2.75) is 134 Å². The Balaban J connectivity index is 0.918. The van der Waals surface area contributed by atoms with E-state index in [1.807, 2.05) is 4.90 Å². The number of benzene rings is 1. The third kappa shape index (κ3) is 9.31. The smallest absolute Gasteiger partial charge is 0.378 e. The Hall–Kier alpha value is -4.46. The predicted molar refractivity (Wildman–Crippen MR) is 210 cm³/mol. The Labute approximate surface area is 336 Å². The quantitative estimate of drug-likeness (QED) is 0.148. The lowest BCUT2D eigenvalue weighted by molar-refractivity contribution is -0.138. The molecule has 3 aliphatic heterocycles. The van der Waals surface area contributed by atoms with E-state index in [4.69, 9.17) is 17.0 Å². The van der Waals surface area contributed by atoms with Gasteiger partial charge in [-0.15, -0.1) is 0 Å². The second-order valence-corrected chi connectivity index (χ2v) is 16.7. The van der Waals surface area contributed by atoms with Gasteiger partial charge in [0.05, 0.1) is 59.0 Å². The molecule has 3 atom stereocenters. The summed E-state index contributed by atoms with van der Waals surface area (Å²) in [5.74, 6) is -1.17. The molecular formula is C41H50F3N7O5S. The highest BCUT2D eigenvalue weighted by atomic mass is 32.1. The maximum atomic E-state index is 13.7. The van der Waals surface area contributed by atoms with E-state index in [0.717, 1.165) is 63.5 Å². The molecule has 306 valence electrons. The first-order valence-electron chi connectivity index (χ1n) is 19.7. The molecule has 3 saturated heterocycles. The van der Waals surface area contributed by atoms with E-state index in [0.29, 0.717) is 30.3 Å². The van der Waals surface area contributed by atoms with Crippen LogP contribution in [-0.4, -0.2) is 86.4 Å². The van der Waals surface area contributed by atoms with Crippen LogP contribution in [0.1, 0.15) is 115 Å². The summed E-state index contributed by atoms with van der Waals surface area (Å²) in [6.07, 6.45) is 4.60. The van der Waals surface area contributed by atoms with Crippen molar-refractivity contribution in [2.75, 3.05) is 23.4 Å². The number of aromatic nitrogens is 1. The third-order valence-electron chi connectivity index (χ3n) is 12.0. The second kappa shape index (κ2) is 17.2. The fourth-order valence-corrected chi connectivity index (χ4v) is 9.57. The summed E-state index contributed by atoms with van der Waals surface area (Å²) in [5, 5.41) is 14.7. The van der Waals surface area contributed by atoms with Crippen LogP contribution in [0.25, 0.3) is 0 Å². The number of nitrogens with zero attached hydrogens (tertiary/aromatic N) is 5. The molecule has 1 aromatic carbocycles. The lowest BCUT2D eigenvalue weighted by atomic mass is 9.82.